The summed E-state index contributed by atoms with van der Waals surface area (Å²) in [5, 5.41) is 2.88. The van der Waals surface area contributed by atoms with Gasteiger partial charge in [-0.05, 0) is 56.0 Å². The first kappa shape index (κ1) is 21.6. The highest BCUT2D eigenvalue weighted by molar-refractivity contribution is 7.89. The van der Waals surface area contributed by atoms with Crippen LogP contribution in [-0.2, 0) is 10.0 Å². The summed E-state index contributed by atoms with van der Waals surface area (Å²) in [5.74, 6) is 0.518. The molecule has 1 saturated heterocycles. The Kier molecular flexibility index (Phi) is 6.82. The minimum atomic E-state index is -3.77. The molecule has 1 fully saturated rings. The number of piperidine rings is 1. The standard InChI is InChI=1S/C21H25ClN2O4S/c1-3-28-18-8-4-7-17(13-18)23-21(25)16-9-10-19(22)20(12-16)29(26,27)24-11-5-6-15(2)14-24/h4,7-10,12-13,15H,3,5-6,11,14H2,1-2H3,(H,23,25). The fraction of sp³-hybridized carbons (Fsp3) is 0.381. The molecule has 2 aromatic rings. The molecule has 3 rings (SSSR count). The lowest BCUT2D eigenvalue weighted by Crippen LogP contribution is -2.39. The van der Waals surface area contributed by atoms with Crippen LogP contribution < -0.4 is 10.1 Å². The molecule has 1 aliphatic rings. The molecule has 156 valence electrons. The molecule has 29 heavy (non-hydrogen) atoms. The quantitative estimate of drug-likeness (QED) is 0.727. The molecule has 1 aliphatic heterocycles. The Morgan fingerprint density at radius 1 is 1.28 bits per heavy atom. The molecule has 2 aromatic carbocycles. The van der Waals surface area contributed by atoms with Crippen molar-refractivity contribution in [3.63, 3.8) is 0 Å². The topological polar surface area (TPSA) is 75.7 Å². The molecule has 1 atom stereocenters. The van der Waals surface area contributed by atoms with E-state index in [1.54, 1.807) is 24.3 Å². The lowest BCUT2D eigenvalue weighted by molar-refractivity contribution is 0.102. The molecule has 1 N–H and O–H groups in total. The number of nitrogens with one attached hydrogen (secondary N) is 1. The van der Waals surface area contributed by atoms with Crippen LogP contribution in [0.1, 0.15) is 37.0 Å². The number of halogens is 1. The summed E-state index contributed by atoms with van der Waals surface area (Å²) in [5.41, 5.74) is 0.782. The minimum absolute atomic E-state index is 0.0380. The van der Waals surface area contributed by atoms with Crippen LogP contribution in [0.2, 0.25) is 5.02 Å². The number of carbonyl (C=O) groups excluding carboxylic acids is 1. The maximum absolute atomic E-state index is 13.1. The fourth-order valence-corrected chi connectivity index (χ4v) is 5.48. The smallest absolute Gasteiger partial charge is 0.255 e. The number of nitrogens with zero attached hydrogens (tertiary/aromatic N) is 1. The first-order valence-corrected chi connectivity index (χ1v) is 11.5. The van der Waals surface area contributed by atoms with E-state index in [0.717, 1.165) is 12.8 Å². The van der Waals surface area contributed by atoms with Gasteiger partial charge in [-0.25, -0.2) is 8.42 Å². The van der Waals surface area contributed by atoms with E-state index in [0.29, 0.717) is 37.1 Å². The molecule has 0 aromatic heterocycles. The molecule has 1 amide bonds. The fourth-order valence-electron chi connectivity index (χ4n) is 3.38. The van der Waals surface area contributed by atoms with Gasteiger partial charge in [0, 0.05) is 30.4 Å². The number of sulfonamides is 1. The third-order valence-corrected chi connectivity index (χ3v) is 7.18. The van der Waals surface area contributed by atoms with Crippen molar-refractivity contribution in [2.45, 2.75) is 31.6 Å². The number of carbonyl (C=O) groups is 1. The van der Waals surface area contributed by atoms with Gasteiger partial charge in [0.1, 0.15) is 10.6 Å². The molecule has 1 unspecified atom stereocenters. The molecular weight excluding hydrogens is 412 g/mol. The molecule has 0 bridgehead atoms. The Labute approximate surface area is 176 Å². The summed E-state index contributed by atoms with van der Waals surface area (Å²) >= 11 is 6.20. The van der Waals surface area contributed by atoms with E-state index in [9.17, 15) is 13.2 Å². The van der Waals surface area contributed by atoms with Crippen LogP contribution in [0.3, 0.4) is 0 Å². The Hall–Kier alpha value is -2.09. The number of amides is 1. The number of rotatable bonds is 6. The highest BCUT2D eigenvalue weighted by Crippen LogP contribution is 2.29. The zero-order valence-corrected chi connectivity index (χ0v) is 18.1. The van der Waals surface area contributed by atoms with Crippen LogP contribution in [0.25, 0.3) is 0 Å². The van der Waals surface area contributed by atoms with Gasteiger partial charge in [-0.3, -0.25) is 4.79 Å². The van der Waals surface area contributed by atoms with Crippen LogP contribution in [0.4, 0.5) is 5.69 Å². The van der Waals surface area contributed by atoms with Crippen molar-refractivity contribution in [3.05, 3.63) is 53.1 Å². The van der Waals surface area contributed by atoms with Gasteiger partial charge in [0.2, 0.25) is 10.0 Å². The van der Waals surface area contributed by atoms with E-state index in [-0.39, 0.29) is 15.5 Å². The van der Waals surface area contributed by atoms with E-state index in [1.165, 1.54) is 22.5 Å². The number of anilines is 1. The highest BCUT2D eigenvalue weighted by atomic mass is 35.5. The Morgan fingerprint density at radius 3 is 2.79 bits per heavy atom. The maximum atomic E-state index is 13.1. The SMILES string of the molecule is CCOc1cccc(NC(=O)c2ccc(Cl)c(S(=O)(=O)N3CCCC(C)C3)c2)c1. The molecule has 0 radical (unpaired) electrons. The number of benzene rings is 2. The van der Waals surface area contributed by atoms with Crippen LogP contribution in [0.5, 0.6) is 5.75 Å². The molecular formula is C21H25ClN2O4S. The highest BCUT2D eigenvalue weighted by Gasteiger charge is 2.30. The number of hydrogen-bond donors (Lipinski definition) is 1. The van der Waals surface area contributed by atoms with Gasteiger partial charge >= 0.3 is 0 Å². The average Bonchev–Trinajstić information content (AvgIpc) is 2.68. The molecule has 0 saturated carbocycles. The Morgan fingerprint density at radius 2 is 2.07 bits per heavy atom. The van der Waals surface area contributed by atoms with Gasteiger partial charge in [-0.2, -0.15) is 4.31 Å². The third kappa shape index (κ3) is 5.10. The number of ether oxygens (including phenoxy) is 1. The first-order valence-electron chi connectivity index (χ1n) is 9.65. The maximum Gasteiger partial charge on any atom is 0.255 e. The number of hydrogen-bond acceptors (Lipinski definition) is 4. The molecule has 6 nitrogen and oxygen atoms in total. The van der Waals surface area contributed by atoms with Crippen molar-refractivity contribution in [1.29, 1.82) is 0 Å². The summed E-state index contributed by atoms with van der Waals surface area (Å²) < 4.78 is 33.1. The summed E-state index contributed by atoms with van der Waals surface area (Å²) in [7, 11) is -3.77. The van der Waals surface area contributed by atoms with Gasteiger partial charge in [0.15, 0.2) is 0 Å². The summed E-state index contributed by atoms with van der Waals surface area (Å²) in [6.07, 6.45) is 1.82. The van der Waals surface area contributed by atoms with E-state index < -0.39 is 15.9 Å². The van der Waals surface area contributed by atoms with Gasteiger partial charge in [-0.1, -0.05) is 24.6 Å². The second kappa shape index (κ2) is 9.15. The van der Waals surface area contributed by atoms with Crippen LogP contribution >= 0.6 is 11.6 Å². The monoisotopic (exact) mass is 436 g/mol. The zero-order chi connectivity index (χ0) is 21.0. The van der Waals surface area contributed by atoms with Crippen molar-refractivity contribution in [2.75, 3.05) is 25.0 Å². The lowest BCUT2D eigenvalue weighted by Gasteiger charge is -2.30. The van der Waals surface area contributed by atoms with Gasteiger partial charge in [-0.15, -0.1) is 0 Å². The predicted octanol–water partition coefficient (Wildman–Crippen LogP) is 4.41. The van der Waals surface area contributed by atoms with Crippen molar-refractivity contribution >= 4 is 33.2 Å². The van der Waals surface area contributed by atoms with Crippen molar-refractivity contribution in [3.8, 4) is 5.75 Å². The molecule has 8 heteroatoms. The molecule has 1 heterocycles. The Balaban J connectivity index is 1.84. The van der Waals surface area contributed by atoms with E-state index in [4.69, 9.17) is 16.3 Å². The van der Waals surface area contributed by atoms with E-state index in [1.807, 2.05) is 13.8 Å². The first-order chi connectivity index (χ1) is 13.8. The predicted molar refractivity (Wildman–Crippen MR) is 114 cm³/mol. The summed E-state index contributed by atoms with van der Waals surface area (Å²) in [4.78, 5) is 12.7. The van der Waals surface area contributed by atoms with Gasteiger partial charge in [0.25, 0.3) is 5.91 Å². The second-order valence-corrected chi connectivity index (χ2v) is 9.48. The van der Waals surface area contributed by atoms with Crippen LogP contribution in [-0.4, -0.2) is 38.3 Å². The lowest BCUT2D eigenvalue weighted by atomic mass is 10.0. The van der Waals surface area contributed by atoms with Gasteiger partial charge in [0.05, 0.1) is 11.6 Å². The normalized spacial score (nSPS) is 17.7. The van der Waals surface area contributed by atoms with Crippen molar-refractivity contribution < 1.29 is 17.9 Å². The van der Waals surface area contributed by atoms with Crippen LogP contribution in [0.15, 0.2) is 47.4 Å². The van der Waals surface area contributed by atoms with E-state index in [2.05, 4.69) is 5.32 Å². The van der Waals surface area contributed by atoms with E-state index >= 15 is 0 Å². The molecule has 0 aliphatic carbocycles. The summed E-state index contributed by atoms with van der Waals surface area (Å²) in [6, 6.07) is 11.3. The Bertz CT molecular complexity index is 994. The third-order valence-electron chi connectivity index (χ3n) is 4.83. The van der Waals surface area contributed by atoms with Gasteiger partial charge < -0.3 is 10.1 Å². The second-order valence-electron chi connectivity index (χ2n) is 7.17. The zero-order valence-electron chi connectivity index (χ0n) is 16.5. The van der Waals surface area contributed by atoms with Crippen molar-refractivity contribution in [2.24, 2.45) is 5.92 Å². The van der Waals surface area contributed by atoms with Crippen molar-refractivity contribution in [1.82, 2.24) is 4.31 Å². The average molecular weight is 437 g/mol. The summed E-state index contributed by atoms with van der Waals surface area (Å²) in [6.45, 7) is 5.35. The molecule has 0 spiro atoms. The van der Waals surface area contributed by atoms with Crippen LogP contribution in [0, 0.1) is 5.92 Å². The minimum Gasteiger partial charge on any atom is -0.494 e. The largest absolute Gasteiger partial charge is 0.494 e.